The third-order valence-corrected chi connectivity index (χ3v) is 8.13. The topological polar surface area (TPSA) is 64.4 Å². The van der Waals surface area contributed by atoms with E-state index in [9.17, 15) is 0 Å². The average Bonchev–Trinajstić information content (AvgIpc) is 3.07. The first-order chi connectivity index (χ1) is 22.8. The molecule has 0 amide bonds. The minimum absolute atomic E-state index is 0.0650. The molecule has 3 aliphatic heterocycles. The van der Waals surface area contributed by atoms with Gasteiger partial charge < -0.3 is 67.5 Å². The highest BCUT2D eigenvalue weighted by Crippen LogP contribution is 2.50. The number of hydrogen-bond donors (Lipinski definition) is 0. The molecule has 0 unspecified atom stereocenters. The van der Waals surface area contributed by atoms with E-state index in [1.165, 1.54) is 94.1 Å². The number of rotatable bonds is 6. The average molecular weight is 669 g/mol. The maximum absolute atomic E-state index is 15.8. The van der Waals surface area contributed by atoms with Crippen molar-refractivity contribution < 1.29 is 67.5 Å². The van der Waals surface area contributed by atoms with Crippen LogP contribution < -0.4 is 28.2 Å². The SMILES string of the molecule is COc1ccc([N+]2=Cc3c(c4c(c5c3O[B-](F)(F)[N+](c3ccc(OC)cc3)=C5)O[B-](F)(F)[N+](c3ccc(OC)cc3)=C4)O[B-]2(F)F)cc1. The summed E-state index contributed by atoms with van der Waals surface area (Å²) in [5.74, 6) is -0.895. The zero-order valence-corrected chi connectivity index (χ0v) is 25.5. The van der Waals surface area contributed by atoms with E-state index in [1.54, 1.807) is 0 Å². The lowest BCUT2D eigenvalue weighted by Crippen LogP contribution is -2.51. The van der Waals surface area contributed by atoms with Crippen LogP contribution in [-0.2, 0) is 0 Å². The molecular weight excluding hydrogens is 645 g/mol. The summed E-state index contributed by atoms with van der Waals surface area (Å²) >= 11 is 0. The lowest BCUT2D eigenvalue weighted by atomic mass is 9.88. The molecule has 0 N–H and O–H groups in total. The summed E-state index contributed by atoms with van der Waals surface area (Å²) in [6.45, 7) is 0. The molecule has 18 heteroatoms. The maximum atomic E-state index is 15.8. The van der Waals surface area contributed by atoms with Gasteiger partial charge in [-0.25, -0.2) is 0 Å². The van der Waals surface area contributed by atoms with E-state index < -0.39 is 38.4 Å². The molecule has 0 radical (unpaired) electrons. The van der Waals surface area contributed by atoms with E-state index in [4.69, 9.17) is 28.2 Å². The lowest BCUT2D eigenvalue weighted by molar-refractivity contribution is -0.346. The predicted molar refractivity (Wildman–Crippen MR) is 166 cm³/mol. The van der Waals surface area contributed by atoms with Crippen molar-refractivity contribution in [1.29, 1.82) is 0 Å². The normalized spacial score (nSPS) is 17.8. The Kier molecular flexibility index (Phi) is 7.14. The summed E-state index contributed by atoms with van der Waals surface area (Å²) in [6, 6.07) is 16.5. The number of fused-ring (bicyclic) bond motifs is 6. The van der Waals surface area contributed by atoms with Gasteiger partial charge in [0.05, 0.1) is 21.3 Å². The first-order valence-electron chi connectivity index (χ1n) is 14.5. The molecular formula is C30H24B3F6N3O6. The number of halogens is 6. The molecule has 4 aromatic rings. The molecule has 9 nitrogen and oxygen atoms in total. The van der Waals surface area contributed by atoms with Gasteiger partial charge in [0.25, 0.3) is 0 Å². The monoisotopic (exact) mass is 669 g/mol. The quantitative estimate of drug-likeness (QED) is 0.178. The van der Waals surface area contributed by atoms with Gasteiger partial charge in [-0.1, -0.05) is 0 Å². The molecule has 0 bridgehead atoms. The largest absolute Gasteiger partial charge is 0.834 e. The van der Waals surface area contributed by atoms with Crippen LogP contribution in [0.25, 0.3) is 0 Å². The highest BCUT2D eigenvalue weighted by molar-refractivity contribution is 6.55. The first kappa shape index (κ1) is 31.1. The van der Waals surface area contributed by atoms with E-state index in [-0.39, 0.29) is 33.8 Å². The van der Waals surface area contributed by atoms with E-state index in [2.05, 4.69) is 0 Å². The zero-order chi connectivity index (χ0) is 34.0. The molecule has 0 aliphatic carbocycles. The van der Waals surface area contributed by atoms with Gasteiger partial charge in [0.1, 0.15) is 69.8 Å². The highest BCUT2D eigenvalue weighted by Gasteiger charge is 2.58. The molecule has 0 fully saturated rings. The molecule has 3 heterocycles. The molecule has 3 aliphatic rings. The van der Waals surface area contributed by atoms with Gasteiger partial charge >= 0.3 is 21.1 Å². The standard InChI is InChI=1S/C30H24B3F6N3O6/c1-43-22-10-4-19(5-11-22)40-16-25-28(46-31(40,34)35)26-17-41(20-6-12-23(44-2)13-7-20)33(38,39)48-30(26)27-18-42(32(36,37)47-29(25)27)21-8-14-24(45-3)15-9-21/h4-18H,1-3H3. The van der Waals surface area contributed by atoms with E-state index in [1.807, 2.05) is 0 Å². The summed E-state index contributed by atoms with van der Waals surface area (Å²) < 4.78 is 127. The Morgan fingerprint density at radius 2 is 0.646 bits per heavy atom. The van der Waals surface area contributed by atoms with Crippen molar-refractivity contribution in [3.63, 3.8) is 0 Å². The number of benzene rings is 4. The van der Waals surface area contributed by atoms with E-state index >= 15 is 25.9 Å². The molecule has 0 atom stereocenters. The fraction of sp³-hybridized carbons (Fsp3) is 0.100. The summed E-state index contributed by atoms with van der Waals surface area (Å²) in [7, 11) is -10.6. The van der Waals surface area contributed by atoms with Crippen LogP contribution in [0.1, 0.15) is 16.7 Å². The Morgan fingerprint density at radius 3 is 0.854 bits per heavy atom. The number of nitrogens with zero attached hydrogens (tertiary/aromatic N) is 3. The zero-order valence-electron chi connectivity index (χ0n) is 25.5. The number of hydrogen-bond acceptors (Lipinski definition) is 6. The van der Waals surface area contributed by atoms with Crippen LogP contribution in [0.4, 0.5) is 43.0 Å². The highest BCUT2D eigenvalue weighted by atomic mass is 19.3. The van der Waals surface area contributed by atoms with Crippen LogP contribution in [-0.4, -0.2) is 74.5 Å². The lowest BCUT2D eigenvalue weighted by Gasteiger charge is -2.37. The summed E-state index contributed by atoms with van der Waals surface area (Å²) in [5.41, 5.74) is -1.22. The summed E-state index contributed by atoms with van der Waals surface area (Å²) in [5, 5.41) is 0. The fourth-order valence-corrected chi connectivity index (χ4v) is 5.76. The van der Waals surface area contributed by atoms with Gasteiger partial charge in [0.2, 0.25) is 0 Å². The smallest absolute Gasteiger partial charge is 0.598 e. The molecule has 0 spiro atoms. The fourth-order valence-electron chi connectivity index (χ4n) is 5.76. The van der Waals surface area contributed by atoms with Crippen LogP contribution in [0, 0.1) is 0 Å². The maximum Gasteiger partial charge on any atom is 0.834 e. The Balaban J connectivity index is 1.51. The van der Waals surface area contributed by atoms with Gasteiger partial charge in [-0.05, 0) is 36.4 Å². The molecule has 48 heavy (non-hydrogen) atoms. The van der Waals surface area contributed by atoms with Crippen LogP contribution in [0.2, 0.25) is 0 Å². The van der Waals surface area contributed by atoms with E-state index in [0.717, 1.165) is 18.6 Å². The number of ether oxygens (including phenoxy) is 3. The van der Waals surface area contributed by atoms with Gasteiger partial charge in [-0.15, -0.1) is 0 Å². The van der Waals surface area contributed by atoms with Gasteiger partial charge in [0.15, 0.2) is 17.1 Å². The number of methoxy groups -OCH3 is 3. The second-order valence-corrected chi connectivity index (χ2v) is 11.0. The Morgan fingerprint density at radius 1 is 0.417 bits per heavy atom. The Hall–Kier alpha value is -5.54. The molecule has 246 valence electrons. The van der Waals surface area contributed by atoms with Crippen molar-refractivity contribution in [3.05, 3.63) is 89.5 Å². The summed E-state index contributed by atoms with van der Waals surface area (Å²) in [6.07, 6.45) is 2.69. The van der Waals surface area contributed by atoms with Crippen LogP contribution in [0.15, 0.2) is 72.8 Å². The van der Waals surface area contributed by atoms with Crippen LogP contribution in [0.3, 0.4) is 0 Å². The van der Waals surface area contributed by atoms with Crippen molar-refractivity contribution in [2.24, 2.45) is 0 Å². The summed E-state index contributed by atoms with van der Waals surface area (Å²) in [4.78, 5) is 0. The molecule has 7 rings (SSSR count). The third kappa shape index (κ3) is 5.07. The van der Waals surface area contributed by atoms with Crippen LogP contribution in [0.5, 0.6) is 34.5 Å². The molecule has 0 saturated carbocycles. The van der Waals surface area contributed by atoms with Crippen molar-refractivity contribution >= 4 is 56.8 Å². The minimum atomic E-state index is -4.93. The second-order valence-electron chi connectivity index (χ2n) is 11.0. The molecule has 4 aromatic carbocycles. The minimum Gasteiger partial charge on any atom is -0.598 e. The molecule has 0 saturated heterocycles. The van der Waals surface area contributed by atoms with Crippen molar-refractivity contribution in [2.75, 3.05) is 21.3 Å². The van der Waals surface area contributed by atoms with Gasteiger partial charge in [0, 0.05) is 36.4 Å². The van der Waals surface area contributed by atoms with Gasteiger partial charge in [-0.2, -0.15) is 0 Å². The first-order valence-corrected chi connectivity index (χ1v) is 14.5. The van der Waals surface area contributed by atoms with Gasteiger partial charge in [-0.3, -0.25) is 0 Å². The van der Waals surface area contributed by atoms with Crippen molar-refractivity contribution in [2.45, 2.75) is 0 Å². The van der Waals surface area contributed by atoms with E-state index in [0.29, 0.717) is 30.7 Å². The molecule has 0 aromatic heterocycles. The van der Waals surface area contributed by atoms with Crippen LogP contribution >= 0.6 is 0 Å². The predicted octanol–water partition coefficient (Wildman–Crippen LogP) is 6.30. The second kappa shape index (κ2) is 11.0. The Bertz CT molecular complexity index is 1790. The Labute approximate surface area is 269 Å². The van der Waals surface area contributed by atoms with Crippen molar-refractivity contribution in [3.8, 4) is 34.5 Å². The third-order valence-electron chi connectivity index (χ3n) is 8.13. The van der Waals surface area contributed by atoms with Crippen molar-refractivity contribution in [1.82, 2.24) is 0 Å².